The number of carbonyl (C=O) groups excluding carboxylic acids is 1. The van der Waals surface area contributed by atoms with Crippen LogP contribution >= 0.6 is 0 Å². The number of aryl methyl sites for hydroxylation is 2. The molecule has 0 aliphatic rings. The van der Waals surface area contributed by atoms with E-state index in [-0.39, 0.29) is 12.8 Å². The summed E-state index contributed by atoms with van der Waals surface area (Å²) in [6, 6.07) is -1.29. The van der Waals surface area contributed by atoms with E-state index in [1.165, 1.54) is 0 Å². The zero-order valence-corrected chi connectivity index (χ0v) is 9.21. The van der Waals surface area contributed by atoms with Crippen LogP contribution in [0.25, 0.3) is 0 Å². The van der Waals surface area contributed by atoms with Crippen LogP contribution < -0.4 is 5.32 Å². The highest BCUT2D eigenvalue weighted by molar-refractivity contribution is 5.83. The highest BCUT2D eigenvalue weighted by Crippen LogP contribution is 2.00. The first kappa shape index (κ1) is 13.1. The number of hydrogen-bond acceptors (Lipinski definition) is 6. The summed E-state index contributed by atoms with van der Waals surface area (Å²) in [5, 5.41) is 23.0. The molecule has 0 spiro atoms. The molecule has 1 aromatic heterocycles. The Hall–Kier alpha value is -1.96. The number of aliphatic hydroxyl groups is 1. The number of carboxylic acid groups (broad SMARTS) is 1. The highest BCUT2D eigenvalue weighted by Gasteiger charge is 2.18. The van der Waals surface area contributed by atoms with Crippen molar-refractivity contribution in [1.82, 2.24) is 15.5 Å². The molecule has 1 atom stereocenters. The van der Waals surface area contributed by atoms with Crippen molar-refractivity contribution in [3.63, 3.8) is 0 Å². The van der Waals surface area contributed by atoms with Gasteiger partial charge in [-0.3, -0.25) is 4.79 Å². The van der Waals surface area contributed by atoms with E-state index in [1.54, 1.807) is 6.92 Å². The Bertz CT molecular complexity index is 403. The quantitative estimate of drug-likeness (QED) is 0.577. The number of carbonyl (C=O) groups is 2. The van der Waals surface area contributed by atoms with Gasteiger partial charge in [0, 0.05) is 12.8 Å². The molecule has 8 nitrogen and oxygen atoms in total. The lowest BCUT2D eigenvalue weighted by molar-refractivity contribution is -0.142. The molecule has 94 valence electrons. The van der Waals surface area contributed by atoms with Crippen molar-refractivity contribution in [3.05, 3.63) is 11.7 Å². The van der Waals surface area contributed by atoms with Crippen molar-refractivity contribution >= 4 is 11.9 Å². The van der Waals surface area contributed by atoms with Crippen LogP contribution in [0.4, 0.5) is 0 Å². The van der Waals surface area contributed by atoms with Crippen LogP contribution in [-0.2, 0) is 16.0 Å². The Kier molecular flexibility index (Phi) is 4.58. The largest absolute Gasteiger partial charge is 0.480 e. The minimum Gasteiger partial charge on any atom is -0.480 e. The number of hydrogen-bond donors (Lipinski definition) is 3. The number of aliphatic carboxylic acids is 1. The third kappa shape index (κ3) is 4.19. The lowest BCUT2D eigenvalue weighted by Crippen LogP contribution is -2.43. The predicted molar refractivity (Wildman–Crippen MR) is 54.0 cm³/mol. The second-order valence-corrected chi connectivity index (χ2v) is 3.38. The van der Waals surface area contributed by atoms with Crippen LogP contribution in [-0.4, -0.2) is 44.9 Å². The number of carboxylic acids is 1. The molecule has 1 amide bonds. The van der Waals surface area contributed by atoms with Crippen molar-refractivity contribution < 1.29 is 24.3 Å². The van der Waals surface area contributed by atoms with E-state index in [4.69, 9.17) is 14.7 Å². The van der Waals surface area contributed by atoms with Gasteiger partial charge >= 0.3 is 5.97 Å². The minimum atomic E-state index is -1.29. The summed E-state index contributed by atoms with van der Waals surface area (Å²) in [5.41, 5.74) is 0. The second-order valence-electron chi connectivity index (χ2n) is 3.38. The Labute approximate surface area is 96.6 Å². The van der Waals surface area contributed by atoms with Gasteiger partial charge in [-0.25, -0.2) is 4.79 Å². The highest BCUT2D eigenvalue weighted by atomic mass is 16.5. The first-order valence-electron chi connectivity index (χ1n) is 4.95. The maximum atomic E-state index is 11.3. The van der Waals surface area contributed by atoms with Crippen molar-refractivity contribution in [3.8, 4) is 0 Å². The molecule has 0 aliphatic heterocycles. The number of nitrogens with zero attached hydrogens (tertiary/aromatic N) is 2. The molecule has 0 aliphatic carbocycles. The molecule has 1 rings (SSSR count). The molecular formula is C9H13N3O5. The van der Waals surface area contributed by atoms with E-state index in [0.29, 0.717) is 11.7 Å². The fraction of sp³-hybridized carbons (Fsp3) is 0.556. The number of nitrogens with one attached hydrogen (secondary N) is 1. The average molecular weight is 243 g/mol. The Morgan fingerprint density at radius 3 is 2.71 bits per heavy atom. The topological polar surface area (TPSA) is 126 Å². The molecule has 17 heavy (non-hydrogen) atoms. The molecule has 0 aromatic carbocycles. The predicted octanol–water partition coefficient (Wildman–Crippen LogP) is -1.13. The lowest BCUT2D eigenvalue weighted by Gasteiger charge is -2.10. The van der Waals surface area contributed by atoms with Gasteiger partial charge in [-0.15, -0.1) is 0 Å². The van der Waals surface area contributed by atoms with E-state index in [0.717, 1.165) is 0 Å². The summed E-state index contributed by atoms with van der Waals surface area (Å²) < 4.78 is 4.79. The lowest BCUT2D eigenvalue weighted by atomic mass is 10.2. The van der Waals surface area contributed by atoms with Gasteiger partial charge in [0.25, 0.3) is 0 Å². The van der Waals surface area contributed by atoms with E-state index < -0.39 is 24.5 Å². The fourth-order valence-corrected chi connectivity index (χ4v) is 1.11. The normalized spacial score (nSPS) is 12.1. The molecule has 3 N–H and O–H groups in total. The van der Waals surface area contributed by atoms with Gasteiger partial charge < -0.3 is 20.1 Å². The smallest absolute Gasteiger partial charge is 0.328 e. The van der Waals surface area contributed by atoms with Gasteiger partial charge in [-0.05, 0) is 6.92 Å². The van der Waals surface area contributed by atoms with Crippen LogP contribution in [0.1, 0.15) is 18.1 Å². The fourth-order valence-electron chi connectivity index (χ4n) is 1.11. The summed E-state index contributed by atoms with van der Waals surface area (Å²) in [6.07, 6.45) is 0.246. The minimum absolute atomic E-state index is 0.0193. The molecule has 0 fully saturated rings. The van der Waals surface area contributed by atoms with E-state index in [9.17, 15) is 9.59 Å². The standard InChI is InChI=1S/C9H13N3O5/c1-5-10-8(17-12-5)3-2-7(14)11-6(4-13)9(15)16/h6,13H,2-4H2,1H3,(H,11,14)(H,15,16)/t6-/m1/s1. The van der Waals surface area contributed by atoms with E-state index >= 15 is 0 Å². The second kappa shape index (κ2) is 5.94. The molecule has 1 aromatic rings. The Balaban J connectivity index is 2.37. The van der Waals surface area contributed by atoms with Crippen LogP contribution in [0.15, 0.2) is 4.52 Å². The maximum absolute atomic E-state index is 11.3. The number of amides is 1. The first-order valence-corrected chi connectivity index (χ1v) is 4.95. The van der Waals surface area contributed by atoms with Gasteiger partial charge in [0.2, 0.25) is 11.8 Å². The van der Waals surface area contributed by atoms with Gasteiger partial charge in [0.15, 0.2) is 5.82 Å². The number of aromatic nitrogens is 2. The number of rotatable bonds is 6. The van der Waals surface area contributed by atoms with Crippen LogP contribution in [0.3, 0.4) is 0 Å². The molecule has 0 radical (unpaired) electrons. The summed E-state index contributed by atoms with van der Waals surface area (Å²) in [5.74, 6) is -0.996. The van der Waals surface area contributed by atoms with Crippen molar-refractivity contribution in [2.45, 2.75) is 25.8 Å². The first-order chi connectivity index (χ1) is 8.02. The SMILES string of the molecule is Cc1noc(CCC(=O)N[C@H](CO)C(=O)O)n1. The third-order valence-corrected chi connectivity index (χ3v) is 1.95. The Morgan fingerprint density at radius 2 is 2.24 bits per heavy atom. The summed E-state index contributed by atoms with van der Waals surface area (Å²) >= 11 is 0. The van der Waals surface area contributed by atoms with Gasteiger partial charge in [0.1, 0.15) is 6.04 Å². The third-order valence-electron chi connectivity index (χ3n) is 1.95. The van der Waals surface area contributed by atoms with Crippen LogP contribution in [0.5, 0.6) is 0 Å². The van der Waals surface area contributed by atoms with Gasteiger partial charge in [-0.2, -0.15) is 4.98 Å². The molecule has 8 heteroatoms. The van der Waals surface area contributed by atoms with Gasteiger partial charge in [0.05, 0.1) is 6.61 Å². The van der Waals surface area contributed by atoms with Gasteiger partial charge in [-0.1, -0.05) is 5.16 Å². The van der Waals surface area contributed by atoms with Crippen LogP contribution in [0, 0.1) is 6.92 Å². The van der Waals surface area contributed by atoms with Crippen molar-refractivity contribution in [2.24, 2.45) is 0 Å². The van der Waals surface area contributed by atoms with E-state index in [2.05, 4.69) is 15.5 Å². The molecule has 0 unspecified atom stereocenters. The molecular weight excluding hydrogens is 230 g/mol. The molecule has 0 bridgehead atoms. The maximum Gasteiger partial charge on any atom is 0.328 e. The van der Waals surface area contributed by atoms with E-state index in [1.807, 2.05) is 0 Å². The summed E-state index contributed by atoms with van der Waals surface area (Å²) in [4.78, 5) is 25.7. The van der Waals surface area contributed by atoms with Crippen LogP contribution in [0.2, 0.25) is 0 Å². The molecule has 0 saturated heterocycles. The zero-order valence-electron chi connectivity index (χ0n) is 9.21. The summed E-state index contributed by atoms with van der Waals surface area (Å²) in [7, 11) is 0. The molecule has 0 saturated carbocycles. The van der Waals surface area contributed by atoms with Crippen molar-refractivity contribution in [2.75, 3.05) is 6.61 Å². The summed E-state index contributed by atoms with van der Waals surface area (Å²) in [6.45, 7) is 1.00. The molecule has 1 heterocycles. The monoisotopic (exact) mass is 243 g/mol. The van der Waals surface area contributed by atoms with Crippen molar-refractivity contribution in [1.29, 1.82) is 0 Å². The Morgan fingerprint density at radius 1 is 1.53 bits per heavy atom. The average Bonchev–Trinajstić information content (AvgIpc) is 2.68. The zero-order chi connectivity index (χ0) is 12.8. The number of aliphatic hydroxyl groups excluding tert-OH is 1.